The van der Waals surface area contributed by atoms with Gasteiger partial charge in [-0.3, -0.25) is 0 Å². The lowest BCUT2D eigenvalue weighted by molar-refractivity contribution is 0.0456. The highest BCUT2D eigenvalue weighted by Crippen LogP contribution is 2.61. The molecule has 0 aliphatic heterocycles. The van der Waals surface area contributed by atoms with Crippen molar-refractivity contribution in [1.82, 2.24) is 0 Å². The topological polar surface area (TPSA) is 9.23 Å². The summed E-state index contributed by atoms with van der Waals surface area (Å²) in [5.41, 5.74) is 0.473. The molecule has 1 nitrogen and oxygen atoms in total. The van der Waals surface area contributed by atoms with Crippen LogP contribution < -0.4 is 0 Å². The summed E-state index contributed by atoms with van der Waals surface area (Å²) in [6, 6.07) is 0. The maximum Gasteiger partial charge on any atom is 0.0776 e. The molecule has 0 saturated heterocycles. The summed E-state index contributed by atoms with van der Waals surface area (Å²) in [6.45, 7) is 6.62. The van der Waals surface area contributed by atoms with Crippen LogP contribution in [0.5, 0.6) is 0 Å². The van der Waals surface area contributed by atoms with Gasteiger partial charge in [0.15, 0.2) is 0 Å². The second-order valence-corrected chi connectivity index (χ2v) is 4.40. The van der Waals surface area contributed by atoms with Crippen LogP contribution in [0.2, 0.25) is 0 Å². The molecule has 1 fully saturated rings. The zero-order valence-corrected chi connectivity index (χ0v) is 9.39. The maximum absolute atomic E-state index is 5.67. The van der Waals surface area contributed by atoms with Crippen molar-refractivity contribution in [3.63, 3.8) is 0 Å². The zero-order valence-electron chi connectivity index (χ0n) is 9.39. The van der Waals surface area contributed by atoms with Gasteiger partial charge in [-0.15, -0.1) is 0 Å². The maximum atomic E-state index is 5.67. The predicted octanol–water partition coefficient (Wildman–Crippen LogP) is 3.55. The van der Waals surface area contributed by atoms with Gasteiger partial charge in [0.1, 0.15) is 0 Å². The van der Waals surface area contributed by atoms with E-state index in [-0.39, 0.29) is 5.60 Å². The molecule has 0 N–H and O–H groups in total. The molecular formula is C12H22O. The van der Waals surface area contributed by atoms with Gasteiger partial charge < -0.3 is 4.74 Å². The Morgan fingerprint density at radius 2 is 2.15 bits per heavy atom. The molecule has 0 heterocycles. The van der Waals surface area contributed by atoms with Gasteiger partial charge in [0.25, 0.3) is 0 Å². The first kappa shape index (κ1) is 10.8. The van der Waals surface area contributed by atoms with E-state index in [9.17, 15) is 0 Å². The van der Waals surface area contributed by atoms with Gasteiger partial charge in [0.05, 0.1) is 5.60 Å². The monoisotopic (exact) mass is 182 g/mol. The average molecular weight is 182 g/mol. The summed E-state index contributed by atoms with van der Waals surface area (Å²) in [4.78, 5) is 0. The number of hydrogen-bond donors (Lipinski definition) is 0. The van der Waals surface area contributed by atoms with E-state index in [4.69, 9.17) is 4.74 Å². The molecular weight excluding hydrogens is 160 g/mol. The van der Waals surface area contributed by atoms with Crippen molar-refractivity contribution in [2.75, 3.05) is 7.11 Å². The highest BCUT2D eigenvalue weighted by Gasteiger charge is 2.62. The minimum atomic E-state index is 0.162. The first-order valence-electron chi connectivity index (χ1n) is 5.33. The Morgan fingerprint density at radius 1 is 1.46 bits per heavy atom. The number of hydrogen-bond acceptors (Lipinski definition) is 1. The van der Waals surface area contributed by atoms with Crippen LogP contribution in [0.1, 0.15) is 46.5 Å². The van der Waals surface area contributed by atoms with Gasteiger partial charge in [-0.1, -0.05) is 38.8 Å². The third kappa shape index (κ3) is 1.80. The number of ether oxygens (including phenoxy) is 1. The van der Waals surface area contributed by atoms with E-state index in [1.54, 1.807) is 0 Å². The fourth-order valence-corrected chi connectivity index (χ4v) is 2.37. The second kappa shape index (κ2) is 3.83. The van der Waals surface area contributed by atoms with Gasteiger partial charge in [0, 0.05) is 12.5 Å². The van der Waals surface area contributed by atoms with Crippen molar-refractivity contribution in [3.8, 4) is 0 Å². The molecule has 1 saturated carbocycles. The molecule has 0 radical (unpaired) electrons. The Bertz CT molecular complexity index is 197. The van der Waals surface area contributed by atoms with Crippen molar-refractivity contribution in [2.24, 2.45) is 5.41 Å². The molecule has 76 valence electrons. The Balaban J connectivity index is 2.56. The van der Waals surface area contributed by atoms with E-state index in [1.807, 2.05) is 7.11 Å². The molecule has 0 bridgehead atoms. The minimum absolute atomic E-state index is 0.162. The summed E-state index contributed by atoms with van der Waals surface area (Å²) in [5, 5.41) is 0. The fraction of sp³-hybridized carbons (Fsp3) is 0.833. The Morgan fingerprint density at radius 3 is 2.62 bits per heavy atom. The van der Waals surface area contributed by atoms with Crippen LogP contribution in [0.4, 0.5) is 0 Å². The smallest absolute Gasteiger partial charge is 0.0776 e. The van der Waals surface area contributed by atoms with Crippen molar-refractivity contribution in [2.45, 2.75) is 52.1 Å². The van der Waals surface area contributed by atoms with Crippen molar-refractivity contribution >= 4 is 0 Å². The SMILES string of the molecule is C/C=C/[C@]1(C)C[C@]1(CCCC)OC. The predicted molar refractivity (Wildman–Crippen MR) is 56.8 cm³/mol. The lowest BCUT2D eigenvalue weighted by Gasteiger charge is -2.18. The summed E-state index contributed by atoms with van der Waals surface area (Å²) in [6.07, 6.45) is 9.39. The molecule has 1 aliphatic carbocycles. The van der Waals surface area contributed by atoms with Gasteiger partial charge in [-0.2, -0.15) is 0 Å². The third-order valence-electron chi connectivity index (χ3n) is 3.43. The first-order valence-corrected chi connectivity index (χ1v) is 5.33. The van der Waals surface area contributed by atoms with Gasteiger partial charge in [-0.25, -0.2) is 0 Å². The molecule has 0 amide bonds. The van der Waals surface area contributed by atoms with Crippen molar-refractivity contribution < 1.29 is 4.74 Å². The normalized spacial score (nSPS) is 38.5. The lowest BCUT2D eigenvalue weighted by atomic mass is 9.99. The molecule has 1 aliphatic rings. The largest absolute Gasteiger partial charge is 0.377 e. The van der Waals surface area contributed by atoms with E-state index >= 15 is 0 Å². The number of rotatable bonds is 5. The molecule has 0 aromatic heterocycles. The number of unbranched alkanes of at least 4 members (excludes halogenated alkanes) is 1. The highest BCUT2D eigenvalue weighted by atomic mass is 16.5. The van der Waals surface area contributed by atoms with E-state index in [1.165, 1.54) is 25.7 Å². The van der Waals surface area contributed by atoms with Crippen LogP contribution in [0.15, 0.2) is 12.2 Å². The molecule has 1 rings (SSSR count). The molecule has 0 aromatic carbocycles. The molecule has 2 atom stereocenters. The van der Waals surface area contributed by atoms with Crippen LogP contribution in [-0.4, -0.2) is 12.7 Å². The number of allylic oxidation sites excluding steroid dienone is 1. The third-order valence-corrected chi connectivity index (χ3v) is 3.43. The Labute approximate surface area is 82.2 Å². The van der Waals surface area contributed by atoms with E-state index in [0.717, 1.165) is 0 Å². The molecule has 0 aromatic rings. The Hall–Kier alpha value is -0.300. The van der Waals surface area contributed by atoms with Gasteiger partial charge in [-0.05, 0) is 19.8 Å². The van der Waals surface area contributed by atoms with Gasteiger partial charge >= 0.3 is 0 Å². The summed E-state index contributed by atoms with van der Waals surface area (Å²) in [7, 11) is 1.85. The van der Waals surface area contributed by atoms with Crippen molar-refractivity contribution in [1.29, 1.82) is 0 Å². The minimum Gasteiger partial charge on any atom is -0.377 e. The average Bonchev–Trinajstić information content (AvgIpc) is 2.69. The molecule has 13 heavy (non-hydrogen) atoms. The molecule has 0 spiro atoms. The fourth-order valence-electron chi connectivity index (χ4n) is 2.37. The second-order valence-electron chi connectivity index (χ2n) is 4.40. The molecule has 1 heteroatoms. The summed E-state index contributed by atoms with van der Waals surface area (Å²) in [5.74, 6) is 0. The van der Waals surface area contributed by atoms with E-state index in [0.29, 0.717) is 5.41 Å². The van der Waals surface area contributed by atoms with Crippen LogP contribution in [-0.2, 0) is 4.74 Å². The molecule has 0 unspecified atom stereocenters. The summed E-state index contributed by atoms with van der Waals surface area (Å²) < 4.78 is 5.67. The number of methoxy groups -OCH3 is 1. The van der Waals surface area contributed by atoms with Crippen molar-refractivity contribution in [3.05, 3.63) is 12.2 Å². The van der Waals surface area contributed by atoms with Gasteiger partial charge in [0.2, 0.25) is 0 Å². The Kier molecular flexibility index (Phi) is 3.18. The first-order chi connectivity index (χ1) is 6.14. The standard InChI is InChI=1S/C12H22O/c1-5-7-9-12(13-4)10-11(12,3)8-6-2/h6,8H,5,7,9-10H2,1-4H3/b8-6+/t11-,12+/m1/s1. The van der Waals surface area contributed by atoms with Crippen LogP contribution in [0.3, 0.4) is 0 Å². The van der Waals surface area contributed by atoms with Crippen LogP contribution in [0, 0.1) is 5.41 Å². The zero-order chi connectivity index (χ0) is 9.95. The van der Waals surface area contributed by atoms with Crippen LogP contribution >= 0.6 is 0 Å². The summed E-state index contributed by atoms with van der Waals surface area (Å²) >= 11 is 0. The highest BCUT2D eigenvalue weighted by molar-refractivity contribution is 5.23. The van der Waals surface area contributed by atoms with Crippen LogP contribution in [0.25, 0.3) is 0 Å². The lowest BCUT2D eigenvalue weighted by Crippen LogP contribution is -2.19. The quantitative estimate of drug-likeness (QED) is 0.591. The van der Waals surface area contributed by atoms with E-state index in [2.05, 4.69) is 32.9 Å². The van der Waals surface area contributed by atoms with E-state index < -0.39 is 0 Å².